The van der Waals surface area contributed by atoms with Crippen LogP contribution in [-0.4, -0.2) is 26.3 Å². The summed E-state index contributed by atoms with van der Waals surface area (Å²) in [6, 6.07) is 10.3. The van der Waals surface area contributed by atoms with Gasteiger partial charge in [-0.15, -0.1) is 0 Å². The van der Waals surface area contributed by atoms with Crippen LogP contribution in [0.4, 0.5) is 10.5 Å². The maximum atomic E-state index is 12.8. The number of carbonyl (C=O) groups is 2. The predicted octanol–water partition coefficient (Wildman–Crippen LogP) is 2.01. The molecule has 0 atom stereocenters. The predicted molar refractivity (Wildman–Crippen MR) is 103 cm³/mol. The third-order valence-corrected chi connectivity index (χ3v) is 4.86. The molecular formula is C18H16BrN5O4. The fraction of sp³-hybridized carbons (Fsp3) is 0.222. The Hall–Kier alpha value is -3.14. The molecule has 0 bridgehead atoms. The van der Waals surface area contributed by atoms with Gasteiger partial charge in [0.1, 0.15) is 18.1 Å². The van der Waals surface area contributed by atoms with E-state index < -0.39 is 17.6 Å². The second-order valence-corrected chi connectivity index (χ2v) is 7.23. The monoisotopic (exact) mass is 445 g/mol. The Morgan fingerprint density at radius 2 is 1.96 bits per heavy atom. The average molecular weight is 446 g/mol. The van der Waals surface area contributed by atoms with Crippen LogP contribution in [-0.2, 0) is 24.4 Å². The van der Waals surface area contributed by atoms with Crippen LogP contribution < -0.4 is 15.9 Å². The van der Waals surface area contributed by atoms with Gasteiger partial charge in [-0.2, -0.15) is 9.67 Å². The normalized spacial score (nSPS) is 13.1. The second kappa shape index (κ2) is 7.12. The number of anilines is 1. The van der Waals surface area contributed by atoms with Gasteiger partial charge in [-0.25, -0.2) is 14.3 Å². The number of rotatable bonds is 5. The molecule has 3 aromatic rings. The van der Waals surface area contributed by atoms with E-state index in [0.717, 1.165) is 19.6 Å². The zero-order valence-electron chi connectivity index (χ0n) is 14.9. The molecule has 4 rings (SSSR count). The topological polar surface area (TPSA) is 102 Å². The van der Waals surface area contributed by atoms with Crippen LogP contribution in [0.1, 0.15) is 17.3 Å². The Morgan fingerprint density at radius 3 is 2.64 bits per heavy atom. The molecule has 0 aliphatic carbocycles. The molecule has 2 aromatic heterocycles. The molecule has 0 saturated carbocycles. The van der Waals surface area contributed by atoms with Crippen molar-refractivity contribution in [1.82, 2.24) is 19.7 Å². The summed E-state index contributed by atoms with van der Waals surface area (Å²) < 4.78 is 8.47. The lowest BCUT2D eigenvalue weighted by atomic mass is 10.3. The van der Waals surface area contributed by atoms with Gasteiger partial charge >= 0.3 is 11.7 Å². The second-order valence-electron chi connectivity index (χ2n) is 6.31. The third-order valence-electron chi connectivity index (χ3n) is 4.33. The van der Waals surface area contributed by atoms with Crippen LogP contribution in [0, 0.1) is 6.92 Å². The Labute approximate surface area is 167 Å². The molecule has 2 amide bonds. The summed E-state index contributed by atoms with van der Waals surface area (Å²) in [5.41, 5.74) is 0.0399. The maximum Gasteiger partial charge on any atom is 0.365 e. The number of hydrogen-bond donors (Lipinski definition) is 1. The number of hydrogen-bond acceptors (Lipinski definition) is 5. The fourth-order valence-corrected chi connectivity index (χ4v) is 3.26. The number of aromatic nitrogens is 3. The van der Waals surface area contributed by atoms with E-state index in [1.165, 1.54) is 4.90 Å². The standard InChI is InChI=1S/C18H16BrN5O4/c1-11-2-7-14(28-11)8-20-16(25)10-23-17(26)21-15-9-22(18(27)24(15)23)13-5-3-12(19)4-6-13/h2-7H,8-10H2,1H3,(H,20,25). The SMILES string of the molecule is Cc1ccc(CNC(=O)Cn2c(=O)nc3n2C(=O)N(c2ccc(Br)cc2)C3)o1. The van der Waals surface area contributed by atoms with E-state index in [2.05, 4.69) is 26.2 Å². The number of furan rings is 1. The van der Waals surface area contributed by atoms with E-state index in [4.69, 9.17) is 4.42 Å². The van der Waals surface area contributed by atoms with Crippen molar-refractivity contribution in [3.63, 3.8) is 0 Å². The molecule has 0 unspecified atom stereocenters. The molecule has 1 aliphatic heterocycles. The number of nitrogens with one attached hydrogen (secondary N) is 1. The van der Waals surface area contributed by atoms with E-state index >= 15 is 0 Å². The number of amides is 2. The molecule has 144 valence electrons. The molecule has 1 N–H and O–H groups in total. The highest BCUT2D eigenvalue weighted by Crippen LogP contribution is 2.24. The summed E-state index contributed by atoms with van der Waals surface area (Å²) in [5.74, 6) is 1.23. The Balaban J connectivity index is 1.50. The zero-order valence-corrected chi connectivity index (χ0v) is 16.5. The zero-order chi connectivity index (χ0) is 19.8. The van der Waals surface area contributed by atoms with E-state index in [0.29, 0.717) is 17.3 Å². The molecule has 0 saturated heterocycles. The molecule has 28 heavy (non-hydrogen) atoms. The number of fused-ring (bicyclic) bond motifs is 1. The van der Waals surface area contributed by atoms with Gasteiger partial charge in [0.15, 0.2) is 5.82 Å². The minimum absolute atomic E-state index is 0.163. The highest BCUT2D eigenvalue weighted by Gasteiger charge is 2.33. The van der Waals surface area contributed by atoms with Crippen LogP contribution in [0.3, 0.4) is 0 Å². The summed E-state index contributed by atoms with van der Waals surface area (Å²) in [6.07, 6.45) is 0. The van der Waals surface area contributed by atoms with E-state index in [-0.39, 0.29) is 19.6 Å². The molecule has 1 aromatic carbocycles. The van der Waals surface area contributed by atoms with Crippen molar-refractivity contribution < 1.29 is 14.0 Å². The van der Waals surface area contributed by atoms with E-state index in [1.807, 2.05) is 19.1 Å². The fourth-order valence-electron chi connectivity index (χ4n) is 3.00. The smallest absolute Gasteiger partial charge is 0.365 e. The van der Waals surface area contributed by atoms with Crippen molar-refractivity contribution in [2.45, 2.75) is 26.6 Å². The number of benzene rings is 1. The molecule has 0 spiro atoms. The molecule has 9 nitrogen and oxygen atoms in total. The number of aryl methyl sites for hydroxylation is 1. The molecule has 3 heterocycles. The van der Waals surface area contributed by atoms with Crippen LogP contribution in [0.15, 0.2) is 50.1 Å². The van der Waals surface area contributed by atoms with E-state index in [9.17, 15) is 14.4 Å². The quantitative estimate of drug-likeness (QED) is 0.646. The van der Waals surface area contributed by atoms with Gasteiger partial charge in [0.2, 0.25) is 5.91 Å². The molecule has 0 fully saturated rings. The van der Waals surface area contributed by atoms with Gasteiger partial charge in [-0.05, 0) is 43.3 Å². The summed E-state index contributed by atoms with van der Waals surface area (Å²) in [5, 5.41) is 2.67. The molecular weight excluding hydrogens is 430 g/mol. The first-order valence-corrected chi connectivity index (χ1v) is 9.30. The summed E-state index contributed by atoms with van der Waals surface area (Å²) in [4.78, 5) is 42.6. The minimum Gasteiger partial charge on any atom is -0.465 e. The highest BCUT2D eigenvalue weighted by atomic mass is 79.9. The van der Waals surface area contributed by atoms with Gasteiger partial charge in [0.05, 0.1) is 13.1 Å². The average Bonchev–Trinajstić information content (AvgIpc) is 3.30. The lowest BCUT2D eigenvalue weighted by Gasteiger charge is -2.15. The van der Waals surface area contributed by atoms with Crippen molar-refractivity contribution in [2.24, 2.45) is 0 Å². The van der Waals surface area contributed by atoms with Gasteiger partial charge in [-0.3, -0.25) is 9.69 Å². The molecule has 10 heteroatoms. The molecule has 0 radical (unpaired) electrons. The Kier molecular flexibility index (Phi) is 4.63. The summed E-state index contributed by atoms with van der Waals surface area (Å²) in [7, 11) is 0. The lowest BCUT2D eigenvalue weighted by molar-refractivity contribution is -0.122. The third kappa shape index (κ3) is 3.38. The van der Waals surface area contributed by atoms with Crippen molar-refractivity contribution >= 4 is 33.6 Å². The molecule has 1 aliphatic rings. The van der Waals surface area contributed by atoms with Gasteiger partial charge < -0.3 is 9.73 Å². The maximum absolute atomic E-state index is 12.8. The van der Waals surface area contributed by atoms with Crippen molar-refractivity contribution in [1.29, 1.82) is 0 Å². The van der Waals surface area contributed by atoms with Crippen molar-refractivity contribution in [2.75, 3.05) is 4.90 Å². The van der Waals surface area contributed by atoms with E-state index in [1.54, 1.807) is 24.3 Å². The van der Waals surface area contributed by atoms with Crippen molar-refractivity contribution in [3.8, 4) is 0 Å². The summed E-state index contributed by atoms with van der Waals surface area (Å²) in [6.45, 7) is 1.85. The number of nitrogens with zero attached hydrogens (tertiary/aromatic N) is 4. The van der Waals surface area contributed by atoms with Crippen LogP contribution in [0.2, 0.25) is 0 Å². The van der Waals surface area contributed by atoms with Crippen LogP contribution in [0.25, 0.3) is 0 Å². The van der Waals surface area contributed by atoms with Crippen LogP contribution >= 0.6 is 15.9 Å². The highest BCUT2D eigenvalue weighted by molar-refractivity contribution is 9.10. The first kappa shape index (κ1) is 18.2. The van der Waals surface area contributed by atoms with Crippen LogP contribution in [0.5, 0.6) is 0 Å². The van der Waals surface area contributed by atoms with Gasteiger partial charge in [-0.1, -0.05) is 15.9 Å². The number of halogens is 1. The number of carbonyl (C=O) groups excluding carboxylic acids is 2. The Morgan fingerprint density at radius 1 is 1.21 bits per heavy atom. The largest absolute Gasteiger partial charge is 0.465 e. The van der Waals surface area contributed by atoms with Crippen molar-refractivity contribution in [3.05, 3.63) is 68.7 Å². The lowest BCUT2D eigenvalue weighted by Crippen LogP contribution is -2.38. The first-order chi connectivity index (χ1) is 13.4. The Bertz CT molecular complexity index is 1110. The summed E-state index contributed by atoms with van der Waals surface area (Å²) >= 11 is 3.35. The van der Waals surface area contributed by atoms with Gasteiger partial charge in [0.25, 0.3) is 0 Å². The first-order valence-electron chi connectivity index (χ1n) is 8.50. The minimum atomic E-state index is -0.636. The van der Waals surface area contributed by atoms with Gasteiger partial charge in [0, 0.05) is 10.2 Å².